The van der Waals surface area contributed by atoms with Crippen molar-refractivity contribution in [3.8, 4) is 5.75 Å². The summed E-state index contributed by atoms with van der Waals surface area (Å²) < 4.78 is 0. The molecule has 0 saturated carbocycles. The van der Waals surface area contributed by atoms with Crippen LogP contribution in [0.4, 0.5) is 0 Å². The van der Waals surface area contributed by atoms with E-state index in [0.29, 0.717) is 5.75 Å². The van der Waals surface area contributed by atoms with E-state index in [4.69, 9.17) is 11.6 Å². The van der Waals surface area contributed by atoms with Crippen molar-refractivity contribution < 1.29 is 5.11 Å². The largest absolute Gasteiger partial charge is 0.508 e. The second-order valence-electron chi connectivity index (χ2n) is 6.15. The van der Waals surface area contributed by atoms with E-state index in [2.05, 4.69) is 18.7 Å². The van der Waals surface area contributed by atoms with Crippen LogP contribution in [0.2, 0.25) is 5.02 Å². The van der Waals surface area contributed by atoms with Gasteiger partial charge in [-0.2, -0.15) is 0 Å². The number of phenolic OH excluding ortho intramolecular Hbond substituents is 1. The van der Waals surface area contributed by atoms with Gasteiger partial charge in [0.15, 0.2) is 0 Å². The summed E-state index contributed by atoms with van der Waals surface area (Å²) in [5.41, 5.74) is 1.03. The Morgan fingerprint density at radius 1 is 1.42 bits per heavy atom. The van der Waals surface area contributed by atoms with Crippen molar-refractivity contribution in [3.05, 3.63) is 28.8 Å². The number of rotatable bonds is 4. The Hall–Kier alpha value is -0.730. The lowest BCUT2D eigenvalue weighted by Crippen LogP contribution is -2.35. The van der Waals surface area contributed by atoms with Gasteiger partial charge in [-0.25, -0.2) is 0 Å². The first-order chi connectivity index (χ1) is 9.04. The first-order valence-electron chi connectivity index (χ1n) is 7.24. The molecule has 3 heteroatoms. The van der Waals surface area contributed by atoms with Crippen molar-refractivity contribution >= 4 is 11.6 Å². The van der Waals surface area contributed by atoms with E-state index in [1.165, 1.54) is 19.3 Å². The molecule has 1 fully saturated rings. The zero-order valence-corrected chi connectivity index (χ0v) is 12.7. The van der Waals surface area contributed by atoms with Crippen LogP contribution in [0, 0.1) is 11.8 Å². The molecule has 1 aromatic rings. The number of hydrogen-bond acceptors (Lipinski definition) is 2. The number of aromatic hydroxyl groups is 1. The molecule has 19 heavy (non-hydrogen) atoms. The van der Waals surface area contributed by atoms with E-state index in [-0.39, 0.29) is 0 Å². The first-order valence-corrected chi connectivity index (χ1v) is 7.62. The molecule has 0 aliphatic carbocycles. The fourth-order valence-electron chi connectivity index (χ4n) is 3.08. The molecule has 0 aromatic heterocycles. The van der Waals surface area contributed by atoms with Gasteiger partial charge in [-0.15, -0.1) is 0 Å². The Balaban J connectivity index is 1.96. The van der Waals surface area contributed by atoms with Crippen LogP contribution in [-0.2, 0) is 6.54 Å². The topological polar surface area (TPSA) is 23.5 Å². The van der Waals surface area contributed by atoms with Crippen molar-refractivity contribution in [2.24, 2.45) is 11.8 Å². The molecule has 1 aromatic carbocycles. The van der Waals surface area contributed by atoms with Crippen LogP contribution in [0.25, 0.3) is 0 Å². The summed E-state index contributed by atoms with van der Waals surface area (Å²) >= 11 is 6.20. The van der Waals surface area contributed by atoms with Crippen LogP contribution in [0.3, 0.4) is 0 Å². The van der Waals surface area contributed by atoms with Gasteiger partial charge in [0.25, 0.3) is 0 Å². The summed E-state index contributed by atoms with van der Waals surface area (Å²) in [5, 5.41) is 10.3. The average Bonchev–Trinajstić information content (AvgIpc) is 2.33. The maximum absolute atomic E-state index is 9.56. The van der Waals surface area contributed by atoms with Crippen LogP contribution in [0.5, 0.6) is 5.75 Å². The average molecular weight is 282 g/mol. The maximum Gasteiger partial charge on any atom is 0.116 e. The summed E-state index contributed by atoms with van der Waals surface area (Å²) in [5.74, 6) is 1.88. The first kappa shape index (κ1) is 14.7. The van der Waals surface area contributed by atoms with Crippen molar-refractivity contribution in [2.75, 3.05) is 13.1 Å². The van der Waals surface area contributed by atoms with Crippen LogP contribution in [-0.4, -0.2) is 23.1 Å². The summed E-state index contributed by atoms with van der Waals surface area (Å²) in [6.45, 7) is 7.74. The monoisotopic (exact) mass is 281 g/mol. The van der Waals surface area contributed by atoms with Crippen LogP contribution < -0.4 is 0 Å². The van der Waals surface area contributed by atoms with E-state index in [1.807, 2.05) is 0 Å². The van der Waals surface area contributed by atoms with E-state index >= 15 is 0 Å². The lowest BCUT2D eigenvalue weighted by atomic mass is 9.89. The quantitative estimate of drug-likeness (QED) is 0.889. The number of piperidine rings is 1. The predicted molar refractivity (Wildman–Crippen MR) is 80.6 cm³/mol. The predicted octanol–water partition coefficient (Wildman–Crippen LogP) is 4.30. The molecule has 1 aliphatic rings. The van der Waals surface area contributed by atoms with E-state index in [9.17, 15) is 5.11 Å². The highest BCUT2D eigenvalue weighted by Crippen LogP contribution is 2.27. The Morgan fingerprint density at radius 3 is 2.95 bits per heavy atom. The lowest BCUT2D eigenvalue weighted by molar-refractivity contribution is 0.153. The van der Waals surface area contributed by atoms with Gasteiger partial charge in [-0.3, -0.25) is 4.90 Å². The molecule has 0 radical (unpaired) electrons. The lowest BCUT2D eigenvalue weighted by Gasteiger charge is -2.33. The zero-order valence-electron chi connectivity index (χ0n) is 11.9. The summed E-state index contributed by atoms with van der Waals surface area (Å²) in [6, 6.07) is 5.21. The minimum absolute atomic E-state index is 0.301. The highest BCUT2D eigenvalue weighted by Gasteiger charge is 2.21. The van der Waals surface area contributed by atoms with Gasteiger partial charge in [0, 0.05) is 18.1 Å². The van der Waals surface area contributed by atoms with Crippen LogP contribution in [0.15, 0.2) is 18.2 Å². The number of phenols is 1. The van der Waals surface area contributed by atoms with E-state index < -0.39 is 0 Å². The normalized spacial score (nSPS) is 20.9. The molecule has 1 aliphatic heterocycles. The highest BCUT2D eigenvalue weighted by molar-refractivity contribution is 6.31. The molecule has 106 valence electrons. The molecule has 2 nitrogen and oxygen atoms in total. The number of hydrogen-bond donors (Lipinski definition) is 1. The molecule has 0 spiro atoms. The molecule has 0 amide bonds. The van der Waals surface area contributed by atoms with Gasteiger partial charge in [0.1, 0.15) is 5.75 Å². The van der Waals surface area contributed by atoms with Gasteiger partial charge < -0.3 is 5.11 Å². The summed E-state index contributed by atoms with van der Waals surface area (Å²) in [6.07, 6.45) is 3.93. The third-order valence-electron chi connectivity index (χ3n) is 3.83. The summed E-state index contributed by atoms with van der Waals surface area (Å²) in [7, 11) is 0. The number of likely N-dealkylation sites (tertiary alicyclic amines) is 1. The second kappa shape index (κ2) is 6.62. The fraction of sp³-hybridized carbons (Fsp3) is 0.625. The second-order valence-corrected chi connectivity index (χ2v) is 6.56. The summed E-state index contributed by atoms with van der Waals surface area (Å²) in [4.78, 5) is 2.47. The minimum Gasteiger partial charge on any atom is -0.508 e. The van der Waals surface area contributed by atoms with E-state index in [1.54, 1.807) is 18.2 Å². The minimum atomic E-state index is 0.301. The van der Waals surface area contributed by atoms with Crippen molar-refractivity contribution in [3.63, 3.8) is 0 Å². The Morgan fingerprint density at radius 2 is 2.21 bits per heavy atom. The number of benzene rings is 1. The third kappa shape index (κ3) is 4.39. The molecule has 2 rings (SSSR count). The molecule has 1 N–H and O–H groups in total. The molecule has 1 saturated heterocycles. The Labute approximate surface area is 121 Å². The number of nitrogens with zero attached hydrogens (tertiary/aromatic N) is 1. The SMILES string of the molecule is CC(C)CC1CCCN(Cc2cc(O)ccc2Cl)C1. The van der Waals surface area contributed by atoms with Gasteiger partial charge in [-0.1, -0.05) is 25.4 Å². The maximum atomic E-state index is 9.56. The Kier molecular flexibility index (Phi) is 5.12. The molecular formula is C16H24ClNO. The van der Waals surface area contributed by atoms with Gasteiger partial charge >= 0.3 is 0 Å². The van der Waals surface area contributed by atoms with E-state index in [0.717, 1.165) is 42.1 Å². The molecule has 1 unspecified atom stereocenters. The third-order valence-corrected chi connectivity index (χ3v) is 4.20. The van der Waals surface area contributed by atoms with Gasteiger partial charge in [0.2, 0.25) is 0 Å². The van der Waals surface area contributed by atoms with Crippen LogP contribution in [0.1, 0.15) is 38.7 Å². The van der Waals surface area contributed by atoms with Crippen molar-refractivity contribution in [1.82, 2.24) is 4.90 Å². The standard InChI is InChI=1S/C16H24ClNO/c1-12(2)8-13-4-3-7-18(10-13)11-14-9-15(19)5-6-16(14)17/h5-6,9,12-13,19H,3-4,7-8,10-11H2,1-2H3. The van der Waals surface area contributed by atoms with Crippen LogP contribution >= 0.6 is 11.6 Å². The highest BCUT2D eigenvalue weighted by atomic mass is 35.5. The zero-order chi connectivity index (χ0) is 13.8. The Bertz CT molecular complexity index is 419. The smallest absolute Gasteiger partial charge is 0.116 e. The number of halogens is 1. The van der Waals surface area contributed by atoms with Crippen molar-refractivity contribution in [2.45, 2.75) is 39.7 Å². The molecule has 1 atom stereocenters. The molecule has 0 bridgehead atoms. The molecular weight excluding hydrogens is 258 g/mol. The van der Waals surface area contributed by atoms with Gasteiger partial charge in [0.05, 0.1) is 0 Å². The fourth-order valence-corrected chi connectivity index (χ4v) is 3.25. The molecule has 1 heterocycles. The van der Waals surface area contributed by atoms with Gasteiger partial charge in [-0.05, 0) is 61.4 Å². The van der Waals surface area contributed by atoms with Crippen molar-refractivity contribution in [1.29, 1.82) is 0 Å².